The first-order valence-electron chi connectivity index (χ1n) is 8.48. The van der Waals surface area contributed by atoms with E-state index >= 15 is 0 Å². The first-order valence-corrected chi connectivity index (χ1v) is 8.48. The summed E-state index contributed by atoms with van der Waals surface area (Å²) in [7, 11) is 0. The highest BCUT2D eigenvalue weighted by atomic mass is 15.4. The lowest BCUT2D eigenvalue weighted by molar-refractivity contribution is 0.478. The SMILES string of the molecule is Cc1cc(C)n(-c2nc(NC3CCNCC3)c3ccccc3n2)n1. The monoisotopic (exact) mass is 322 g/mol. The zero-order valence-electron chi connectivity index (χ0n) is 14.1. The smallest absolute Gasteiger partial charge is 0.253 e. The Kier molecular flexibility index (Phi) is 3.90. The third kappa shape index (κ3) is 2.85. The molecular weight excluding hydrogens is 300 g/mol. The Balaban J connectivity index is 1.80. The fourth-order valence-electron chi connectivity index (χ4n) is 3.26. The van der Waals surface area contributed by atoms with Crippen LogP contribution in [0, 0.1) is 13.8 Å². The van der Waals surface area contributed by atoms with E-state index in [1.165, 1.54) is 0 Å². The lowest BCUT2D eigenvalue weighted by Crippen LogP contribution is -2.35. The van der Waals surface area contributed by atoms with Crippen LogP contribution < -0.4 is 10.6 Å². The van der Waals surface area contributed by atoms with Gasteiger partial charge in [0.25, 0.3) is 5.95 Å². The average molecular weight is 322 g/mol. The van der Waals surface area contributed by atoms with Crippen molar-refractivity contribution in [2.75, 3.05) is 18.4 Å². The highest BCUT2D eigenvalue weighted by Crippen LogP contribution is 2.24. The molecule has 3 heterocycles. The van der Waals surface area contributed by atoms with Crippen LogP contribution in [-0.4, -0.2) is 38.9 Å². The third-order valence-corrected chi connectivity index (χ3v) is 4.47. The molecule has 0 bridgehead atoms. The van der Waals surface area contributed by atoms with Crippen LogP contribution in [0.25, 0.3) is 16.9 Å². The van der Waals surface area contributed by atoms with E-state index in [4.69, 9.17) is 9.97 Å². The number of anilines is 1. The maximum Gasteiger partial charge on any atom is 0.253 e. The summed E-state index contributed by atoms with van der Waals surface area (Å²) in [6.07, 6.45) is 2.21. The molecule has 2 aromatic heterocycles. The molecule has 1 aliphatic rings. The minimum atomic E-state index is 0.442. The molecule has 0 unspecified atom stereocenters. The number of fused-ring (bicyclic) bond motifs is 1. The van der Waals surface area contributed by atoms with Crippen molar-refractivity contribution in [3.63, 3.8) is 0 Å². The highest BCUT2D eigenvalue weighted by molar-refractivity contribution is 5.89. The van der Waals surface area contributed by atoms with Crippen LogP contribution in [-0.2, 0) is 0 Å². The molecule has 6 nitrogen and oxygen atoms in total. The van der Waals surface area contributed by atoms with Crippen molar-refractivity contribution in [1.82, 2.24) is 25.1 Å². The number of para-hydroxylation sites is 1. The quantitative estimate of drug-likeness (QED) is 0.776. The molecular formula is C18H22N6. The average Bonchev–Trinajstić information content (AvgIpc) is 2.94. The Morgan fingerprint density at radius 3 is 2.67 bits per heavy atom. The van der Waals surface area contributed by atoms with Gasteiger partial charge < -0.3 is 10.6 Å². The van der Waals surface area contributed by atoms with Crippen molar-refractivity contribution in [2.45, 2.75) is 32.7 Å². The molecule has 3 aromatic rings. The van der Waals surface area contributed by atoms with E-state index in [1.807, 2.05) is 42.8 Å². The molecule has 0 saturated carbocycles. The summed E-state index contributed by atoms with van der Waals surface area (Å²) in [6, 6.07) is 10.6. The molecule has 1 saturated heterocycles. The summed E-state index contributed by atoms with van der Waals surface area (Å²) in [5.41, 5.74) is 2.94. The summed E-state index contributed by atoms with van der Waals surface area (Å²) in [5, 5.41) is 12.6. The Bertz CT molecular complexity index is 863. The fraction of sp³-hybridized carbons (Fsp3) is 0.389. The number of aromatic nitrogens is 4. The lowest BCUT2D eigenvalue weighted by Gasteiger charge is -2.25. The molecule has 4 rings (SSSR count). The van der Waals surface area contributed by atoms with Crippen molar-refractivity contribution >= 4 is 16.7 Å². The topological polar surface area (TPSA) is 67.7 Å². The van der Waals surface area contributed by atoms with Gasteiger partial charge in [-0.3, -0.25) is 0 Å². The van der Waals surface area contributed by atoms with Crippen LogP contribution >= 0.6 is 0 Å². The molecule has 1 aromatic carbocycles. The normalized spacial score (nSPS) is 15.8. The van der Waals surface area contributed by atoms with Crippen molar-refractivity contribution < 1.29 is 0 Å². The molecule has 0 spiro atoms. The molecule has 0 aliphatic carbocycles. The van der Waals surface area contributed by atoms with Crippen molar-refractivity contribution in [1.29, 1.82) is 0 Å². The van der Waals surface area contributed by atoms with Crippen LogP contribution in [0.1, 0.15) is 24.2 Å². The maximum absolute atomic E-state index is 4.80. The molecule has 0 radical (unpaired) electrons. The molecule has 1 fully saturated rings. The second kappa shape index (κ2) is 6.20. The molecule has 1 aliphatic heterocycles. The third-order valence-electron chi connectivity index (χ3n) is 4.47. The van der Waals surface area contributed by atoms with Gasteiger partial charge in [-0.25, -0.2) is 9.67 Å². The van der Waals surface area contributed by atoms with E-state index in [9.17, 15) is 0 Å². The van der Waals surface area contributed by atoms with Gasteiger partial charge in [0.15, 0.2) is 0 Å². The fourth-order valence-corrected chi connectivity index (χ4v) is 3.26. The second-order valence-corrected chi connectivity index (χ2v) is 6.40. The number of hydrogen-bond acceptors (Lipinski definition) is 5. The van der Waals surface area contributed by atoms with Crippen LogP contribution in [0.15, 0.2) is 30.3 Å². The van der Waals surface area contributed by atoms with Gasteiger partial charge >= 0.3 is 0 Å². The van der Waals surface area contributed by atoms with Crippen LogP contribution in [0.4, 0.5) is 5.82 Å². The van der Waals surface area contributed by atoms with E-state index in [1.54, 1.807) is 0 Å². The summed E-state index contributed by atoms with van der Waals surface area (Å²) < 4.78 is 1.81. The zero-order chi connectivity index (χ0) is 16.5. The first-order chi connectivity index (χ1) is 11.7. The van der Waals surface area contributed by atoms with Gasteiger partial charge in [0.05, 0.1) is 11.2 Å². The van der Waals surface area contributed by atoms with Crippen molar-refractivity contribution in [3.8, 4) is 5.95 Å². The predicted molar refractivity (Wildman–Crippen MR) is 95.6 cm³/mol. The lowest BCUT2D eigenvalue weighted by atomic mass is 10.1. The van der Waals surface area contributed by atoms with Crippen LogP contribution in [0.3, 0.4) is 0 Å². The van der Waals surface area contributed by atoms with Gasteiger partial charge in [-0.05, 0) is 58.0 Å². The molecule has 2 N–H and O–H groups in total. The predicted octanol–water partition coefficient (Wildman–Crippen LogP) is 2.60. The molecule has 0 atom stereocenters. The highest BCUT2D eigenvalue weighted by Gasteiger charge is 2.17. The largest absolute Gasteiger partial charge is 0.367 e. The van der Waals surface area contributed by atoms with Gasteiger partial charge in [0.1, 0.15) is 5.82 Å². The van der Waals surface area contributed by atoms with Crippen molar-refractivity contribution in [2.24, 2.45) is 0 Å². The van der Waals surface area contributed by atoms with E-state index in [2.05, 4.69) is 21.8 Å². The number of nitrogens with zero attached hydrogens (tertiary/aromatic N) is 4. The Morgan fingerprint density at radius 2 is 1.92 bits per heavy atom. The van der Waals surface area contributed by atoms with Gasteiger partial charge in [-0.2, -0.15) is 10.1 Å². The van der Waals surface area contributed by atoms with E-state index in [-0.39, 0.29) is 0 Å². The van der Waals surface area contributed by atoms with Gasteiger partial charge in [0, 0.05) is 17.1 Å². The first kappa shape index (κ1) is 15.1. The number of nitrogens with one attached hydrogen (secondary N) is 2. The van der Waals surface area contributed by atoms with Gasteiger partial charge in [-0.1, -0.05) is 12.1 Å². The summed E-state index contributed by atoms with van der Waals surface area (Å²) in [4.78, 5) is 9.51. The molecule has 24 heavy (non-hydrogen) atoms. The number of benzene rings is 1. The summed E-state index contributed by atoms with van der Waals surface area (Å²) in [5.74, 6) is 1.52. The van der Waals surface area contributed by atoms with E-state index < -0.39 is 0 Å². The molecule has 124 valence electrons. The molecule has 6 heteroatoms. The van der Waals surface area contributed by atoms with Gasteiger partial charge in [0.2, 0.25) is 0 Å². The number of rotatable bonds is 3. The second-order valence-electron chi connectivity index (χ2n) is 6.40. The number of hydrogen-bond donors (Lipinski definition) is 2. The summed E-state index contributed by atoms with van der Waals surface area (Å²) >= 11 is 0. The Hall–Kier alpha value is -2.47. The van der Waals surface area contributed by atoms with Gasteiger partial charge in [-0.15, -0.1) is 0 Å². The summed E-state index contributed by atoms with van der Waals surface area (Å²) in [6.45, 7) is 6.10. The maximum atomic E-state index is 4.80. The van der Waals surface area contributed by atoms with E-state index in [0.717, 1.165) is 54.0 Å². The minimum absolute atomic E-state index is 0.442. The standard InChI is InChI=1S/C18H22N6/c1-12-11-13(2)24(23-12)18-21-16-6-4-3-5-15(16)17(22-18)20-14-7-9-19-10-8-14/h3-6,11,14,19H,7-10H2,1-2H3,(H,20,21,22). The van der Waals surface area contributed by atoms with Crippen LogP contribution in [0.5, 0.6) is 0 Å². The molecule has 0 amide bonds. The Labute approximate surface area is 141 Å². The zero-order valence-corrected chi connectivity index (χ0v) is 14.1. The van der Waals surface area contributed by atoms with Crippen molar-refractivity contribution in [3.05, 3.63) is 41.7 Å². The van der Waals surface area contributed by atoms with Crippen LogP contribution in [0.2, 0.25) is 0 Å². The number of piperidine rings is 1. The van der Waals surface area contributed by atoms with E-state index in [0.29, 0.717) is 12.0 Å². The Morgan fingerprint density at radius 1 is 1.12 bits per heavy atom. The number of aryl methyl sites for hydroxylation is 2. The minimum Gasteiger partial charge on any atom is -0.367 e.